The van der Waals surface area contributed by atoms with Crippen LogP contribution in [0.4, 0.5) is 5.00 Å². The van der Waals surface area contributed by atoms with Crippen molar-refractivity contribution in [2.45, 2.75) is 45.6 Å². The normalized spacial score (nSPS) is 14.1. The lowest BCUT2D eigenvalue weighted by atomic mass is 9.95. The molecule has 0 spiro atoms. The predicted molar refractivity (Wildman–Crippen MR) is 107 cm³/mol. The minimum Gasteiger partial charge on any atom is -0.490 e. The molecule has 0 unspecified atom stereocenters. The van der Waals surface area contributed by atoms with Gasteiger partial charge in [0.25, 0.3) is 5.91 Å². The molecule has 25 heavy (non-hydrogen) atoms. The Morgan fingerprint density at radius 3 is 2.84 bits per heavy atom. The fraction of sp³-hybridized carbons (Fsp3) is 0.368. The molecule has 2 N–H and O–H groups in total. The Morgan fingerprint density at radius 1 is 1.36 bits per heavy atom. The highest BCUT2D eigenvalue weighted by atomic mass is 79.9. The van der Waals surface area contributed by atoms with Crippen LogP contribution in [0.3, 0.4) is 0 Å². The summed E-state index contributed by atoms with van der Waals surface area (Å²) >= 11 is 5.07. The third kappa shape index (κ3) is 4.12. The van der Waals surface area contributed by atoms with Crippen molar-refractivity contribution in [1.82, 2.24) is 0 Å². The number of nitrogens with two attached hydrogens (primary N) is 1. The summed E-state index contributed by atoms with van der Waals surface area (Å²) in [5.74, 6) is 0.378. The number of fused-ring (bicyclic) bond motifs is 1. The standard InChI is InChI=1S/C19H21BrN2O2S/c1-11(2)24-15-8-7-13(20)9-12(15)10-22-19-17(18(21)23)14-5-3-4-6-16(14)25-19/h7-11H,3-6H2,1-2H3,(H2,21,23). The highest BCUT2D eigenvalue weighted by molar-refractivity contribution is 9.10. The number of carbonyl (C=O) groups excluding carboxylic acids is 1. The molecular formula is C19H21BrN2O2S. The first-order chi connectivity index (χ1) is 12.0. The highest BCUT2D eigenvalue weighted by Gasteiger charge is 2.23. The van der Waals surface area contributed by atoms with Crippen LogP contribution in [0.5, 0.6) is 5.75 Å². The van der Waals surface area contributed by atoms with Gasteiger partial charge in [0.2, 0.25) is 0 Å². The number of primary amides is 1. The maximum Gasteiger partial charge on any atom is 0.252 e. The summed E-state index contributed by atoms with van der Waals surface area (Å²) in [4.78, 5) is 17.8. The number of rotatable bonds is 5. The lowest BCUT2D eigenvalue weighted by molar-refractivity contribution is 0.100. The number of halogens is 1. The van der Waals surface area contributed by atoms with E-state index in [0.29, 0.717) is 10.6 Å². The summed E-state index contributed by atoms with van der Waals surface area (Å²) in [6, 6.07) is 5.81. The largest absolute Gasteiger partial charge is 0.490 e. The maximum atomic E-state index is 12.0. The summed E-state index contributed by atoms with van der Waals surface area (Å²) in [5.41, 5.74) is 8.19. The molecule has 6 heteroatoms. The predicted octanol–water partition coefficient (Wildman–Crippen LogP) is 5.03. The van der Waals surface area contributed by atoms with Crippen LogP contribution in [-0.4, -0.2) is 18.2 Å². The van der Waals surface area contributed by atoms with E-state index in [9.17, 15) is 4.79 Å². The summed E-state index contributed by atoms with van der Waals surface area (Å²) in [7, 11) is 0. The van der Waals surface area contributed by atoms with Crippen molar-refractivity contribution in [2.24, 2.45) is 10.7 Å². The van der Waals surface area contributed by atoms with Crippen LogP contribution in [0.15, 0.2) is 27.7 Å². The molecule has 0 saturated carbocycles. The van der Waals surface area contributed by atoms with Gasteiger partial charge in [-0.25, -0.2) is 4.99 Å². The van der Waals surface area contributed by atoms with Gasteiger partial charge in [0.05, 0.1) is 11.7 Å². The molecule has 3 rings (SSSR count). The maximum absolute atomic E-state index is 12.0. The van der Waals surface area contributed by atoms with Crippen LogP contribution >= 0.6 is 27.3 Å². The van der Waals surface area contributed by atoms with Gasteiger partial charge in [-0.1, -0.05) is 15.9 Å². The van der Waals surface area contributed by atoms with Crippen molar-refractivity contribution in [3.8, 4) is 5.75 Å². The molecule has 1 amide bonds. The molecule has 0 saturated heterocycles. The summed E-state index contributed by atoms with van der Waals surface area (Å²) in [5, 5.41) is 0.704. The Labute approximate surface area is 160 Å². The van der Waals surface area contributed by atoms with Crippen molar-refractivity contribution in [3.05, 3.63) is 44.2 Å². The van der Waals surface area contributed by atoms with E-state index >= 15 is 0 Å². The number of nitrogens with zero attached hydrogens (tertiary/aromatic N) is 1. The molecule has 4 nitrogen and oxygen atoms in total. The van der Waals surface area contributed by atoms with Crippen molar-refractivity contribution >= 4 is 44.4 Å². The minimum absolute atomic E-state index is 0.0727. The molecular weight excluding hydrogens is 400 g/mol. The summed E-state index contributed by atoms with van der Waals surface area (Å²) < 4.78 is 6.80. The number of hydrogen-bond donors (Lipinski definition) is 1. The fourth-order valence-electron chi connectivity index (χ4n) is 3.01. The molecule has 0 fully saturated rings. The smallest absolute Gasteiger partial charge is 0.252 e. The quantitative estimate of drug-likeness (QED) is 0.689. The van der Waals surface area contributed by atoms with E-state index in [2.05, 4.69) is 20.9 Å². The Morgan fingerprint density at radius 2 is 2.12 bits per heavy atom. The Kier molecular flexibility index (Phi) is 5.59. The second-order valence-electron chi connectivity index (χ2n) is 6.36. The molecule has 0 aliphatic heterocycles. The average molecular weight is 421 g/mol. The van der Waals surface area contributed by atoms with Crippen molar-refractivity contribution < 1.29 is 9.53 Å². The highest BCUT2D eigenvalue weighted by Crippen LogP contribution is 2.39. The van der Waals surface area contributed by atoms with Crippen molar-refractivity contribution in [2.75, 3.05) is 0 Å². The van der Waals surface area contributed by atoms with Crippen molar-refractivity contribution in [1.29, 1.82) is 0 Å². The van der Waals surface area contributed by atoms with Crippen molar-refractivity contribution in [3.63, 3.8) is 0 Å². The number of aryl methyl sites for hydroxylation is 1. The van der Waals surface area contributed by atoms with E-state index < -0.39 is 0 Å². The SMILES string of the molecule is CC(C)Oc1ccc(Br)cc1C=Nc1sc2c(c1C(N)=O)CCCC2. The molecule has 1 heterocycles. The zero-order valence-electron chi connectivity index (χ0n) is 14.3. The third-order valence-corrected chi connectivity index (χ3v) is 5.75. The first-order valence-corrected chi connectivity index (χ1v) is 10.0. The van der Waals surface area contributed by atoms with Gasteiger partial charge in [0.15, 0.2) is 0 Å². The van der Waals surface area contributed by atoms with E-state index in [1.165, 1.54) is 4.88 Å². The van der Waals surface area contributed by atoms with E-state index in [1.54, 1.807) is 17.6 Å². The van der Waals surface area contributed by atoms with Gasteiger partial charge in [-0.3, -0.25) is 4.79 Å². The number of hydrogen-bond acceptors (Lipinski definition) is 4. The second-order valence-corrected chi connectivity index (χ2v) is 8.36. The first kappa shape index (κ1) is 18.1. The third-order valence-electron chi connectivity index (χ3n) is 4.05. The molecule has 1 aromatic heterocycles. The van der Waals surface area contributed by atoms with Gasteiger partial charge in [-0.2, -0.15) is 0 Å². The molecule has 2 aromatic rings. The summed E-state index contributed by atoms with van der Waals surface area (Å²) in [6.07, 6.45) is 6.01. The van der Waals surface area contributed by atoms with E-state index in [0.717, 1.165) is 47.0 Å². The van der Waals surface area contributed by atoms with Crippen LogP contribution in [0.1, 0.15) is 53.1 Å². The molecule has 0 radical (unpaired) electrons. The Hall–Kier alpha value is -1.66. The number of aliphatic imine (C=N–C) groups is 1. The van der Waals surface area contributed by atoms with Gasteiger partial charge in [0, 0.05) is 21.1 Å². The van der Waals surface area contributed by atoms with E-state index in [1.807, 2.05) is 32.0 Å². The average Bonchev–Trinajstić information content (AvgIpc) is 2.93. The number of amides is 1. The number of thiophene rings is 1. The molecule has 1 aromatic carbocycles. The number of carbonyl (C=O) groups is 1. The monoisotopic (exact) mass is 420 g/mol. The second kappa shape index (κ2) is 7.70. The van der Waals surface area contributed by atoms with Crippen LogP contribution in [-0.2, 0) is 12.8 Å². The number of benzene rings is 1. The van der Waals surface area contributed by atoms with Crippen LogP contribution in [0.25, 0.3) is 0 Å². The van der Waals surface area contributed by atoms with Crippen LogP contribution < -0.4 is 10.5 Å². The zero-order chi connectivity index (χ0) is 18.0. The zero-order valence-corrected chi connectivity index (χ0v) is 16.7. The molecule has 1 aliphatic carbocycles. The van der Waals surface area contributed by atoms with Crippen LogP contribution in [0, 0.1) is 0 Å². The molecule has 0 atom stereocenters. The van der Waals surface area contributed by atoms with Gasteiger partial charge >= 0.3 is 0 Å². The van der Waals surface area contributed by atoms with Gasteiger partial charge in [-0.05, 0) is 63.3 Å². The topological polar surface area (TPSA) is 64.7 Å². The van der Waals surface area contributed by atoms with Gasteiger partial charge in [0.1, 0.15) is 10.8 Å². The minimum atomic E-state index is -0.389. The fourth-order valence-corrected chi connectivity index (χ4v) is 4.62. The lowest BCUT2D eigenvalue weighted by Gasteiger charge is -2.12. The molecule has 132 valence electrons. The molecule has 1 aliphatic rings. The van der Waals surface area contributed by atoms with Gasteiger partial charge in [-0.15, -0.1) is 11.3 Å². The van der Waals surface area contributed by atoms with E-state index in [-0.39, 0.29) is 12.0 Å². The van der Waals surface area contributed by atoms with Gasteiger partial charge < -0.3 is 10.5 Å². The first-order valence-electron chi connectivity index (χ1n) is 8.40. The molecule has 0 bridgehead atoms. The Bertz CT molecular complexity index is 827. The summed E-state index contributed by atoms with van der Waals surface area (Å²) in [6.45, 7) is 3.98. The number of ether oxygens (including phenoxy) is 1. The van der Waals surface area contributed by atoms with Crippen LogP contribution in [0.2, 0.25) is 0 Å². The lowest BCUT2D eigenvalue weighted by Crippen LogP contribution is -2.14. The Balaban J connectivity index is 1.99. The van der Waals surface area contributed by atoms with E-state index in [4.69, 9.17) is 10.5 Å².